The summed E-state index contributed by atoms with van der Waals surface area (Å²) in [5, 5.41) is 6.85. The highest BCUT2D eigenvalue weighted by Crippen LogP contribution is 2.38. The molecule has 3 rings (SSSR count). The lowest BCUT2D eigenvalue weighted by atomic mass is 9.95. The summed E-state index contributed by atoms with van der Waals surface area (Å²) < 4.78 is 0. The molecule has 1 N–H and O–H groups in total. The molecule has 21 heavy (non-hydrogen) atoms. The predicted octanol–water partition coefficient (Wildman–Crippen LogP) is 5.98. The molecule has 0 saturated heterocycles. The largest absolute Gasteiger partial charge is 0.302 e. The first-order chi connectivity index (χ1) is 10.2. The Morgan fingerprint density at radius 1 is 1.19 bits per heavy atom. The van der Waals surface area contributed by atoms with Gasteiger partial charge in [0.15, 0.2) is 0 Å². The van der Waals surface area contributed by atoms with Gasteiger partial charge in [-0.2, -0.15) is 0 Å². The highest BCUT2D eigenvalue weighted by molar-refractivity contribution is 7.10. The van der Waals surface area contributed by atoms with E-state index in [4.69, 9.17) is 11.6 Å². The Labute approximate surface area is 136 Å². The van der Waals surface area contributed by atoms with Crippen molar-refractivity contribution in [2.24, 2.45) is 5.92 Å². The van der Waals surface area contributed by atoms with Crippen LogP contribution in [0.3, 0.4) is 0 Å². The van der Waals surface area contributed by atoms with Crippen molar-refractivity contribution in [3.05, 3.63) is 57.2 Å². The summed E-state index contributed by atoms with van der Waals surface area (Å²) in [6, 6.07) is 13.4. The van der Waals surface area contributed by atoms with Crippen LogP contribution in [0.2, 0.25) is 5.02 Å². The number of rotatable bonds is 5. The van der Waals surface area contributed by atoms with E-state index in [-0.39, 0.29) is 0 Å². The molecule has 1 heterocycles. The van der Waals surface area contributed by atoms with Crippen molar-refractivity contribution in [3.8, 4) is 0 Å². The van der Waals surface area contributed by atoms with Crippen molar-refractivity contribution < 1.29 is 0 Å². The van der Waals surface area contributed by atoms with Crippen LogP contribution in [0.5, 0.6) is 0 Å². The summed E-state index contributed by atoms with van der Waals surface area (Å²) in [6.45, 7) is 2.24. The first-order valence-electron chi connectivity index (χ1n) is 7.79. The molecule has 1 aliphatic rings. The highest BCUT2D eigenvalue weighted by atomic mass is 35.5. The maximum Gasteiger partial charge on any atom is 0.0448 e. The summed E-state index contributed by atoms with van der Waals surface area (Å²) in [7, 11) is 0. The molecule has 1 unspecified atom stereocenters. The summed E-state index contributed by atoms with van der Waals surface area (Å²) in [4.78, 5) is 1.47. The second kappa shape index (κ2) is 6.95. The lowest BCUT2D eigenvalue weighted by Gasteiger charge is -2.28. The van der Waals surface area contributed by atoms with Crippen LogP contribution in [-0.2, 0) is 0 Å². The Kier molecular flexibility index (Phi) is 4.99. The quantitative estimate of drug-likeness (QED) is 0.714. The Hall–Kier alpha value is -0.830. The zero-order chi connectivity index (χ0) is 14.7. The number of hydrogen-bond acceptors (Lipinski definition) is 2. The van der Waals surface area contributed by atoms with Gasteiger partial charge in [0.1, 0.15) is 0 Å². The number of nitrogens with one attached hydrogen (secondary N) is 1. The monoisotopic (exact) mass is 319 g/mol. The normalized spacial score (nSPS) is 18.8. The van der Waals surface area contributed by atoms with E-state index in [9.17, 15) is 0 Å². The van der Waals surface area contributed by atoms with Gasteiger partial charge in [0.25, 0.3) is 0 Å². The van der Waals surface area contributed by atoms with Gasteiger partial charge in [-0.05, 0) is 54.8 Å². The SMILES string of the molecule is C[C@@H](NC(c1cccs1)C1CCCC1)c1cccc(Cl)c1. The van der Waals surface area contributed by atoms with Crippen molar-refractivity contribution >= 4 is 22.9 Å². The number of benzene rings is 1. The lowest BCUT2D eigenvalue weighted by molar-refractivity contribution is 0.343. The molecule has 1 aliphatic carbocycles. The van der Waals surface area contributed by atoms with Crippen LogP contribution in [-0.4, -0.2) is 0 Å². The second-order valence-corrected chi connectivity index (χ2v) is 7.40. The average molecular weight is 320 g/mol. The van der Waals surface area contributed by atoms with Crippen LogP contribution in [0, 0.1) is 5.92 Å². The minimum absolute atomic E-state index is 0.316. The van der Waals surface area contributed by atoms with Gasteiger partial charge in [0.2, 0.25) is 0 Å². The van der Waals surface area contributed by atoms with E-state index in [1.165, 1.54) is 36.1 Å². The summed E-state index contributed by atoms with van der Waals surface area (Å²) >= 11 is 8.00. The van der Waals surface area contributed by atoms with Crippen molar-refractivity contribution in [2.75, 3.05) is 0 Å². The van der Waals surface area contributed by atoms with Crippen molar-refractivity contribution in [3.63, 3.8) is 0 Å². The summed E-state index contributed by atoms with van der Waals surface area (Å²) in [5.74, 6) is 0.769. The Morgan fingerprint density at radius 2 is 2.00 bits per heavy atom. The van der Waals surface area contributed by atoms with Crippen LogP contribution < -0.4 is 5.32 Å². The molecule has 2 aromatic rings. The van der Waals surface area contributed by atoms with Crippen LogP contribution in [0.4, 0.5) is 0 Å². The molecule has 2 atom stereocenters. The molecule has 112 valence electrons. The fourth-order valence-electron chi connectivity index (χ4n) is 3.35. The first-order valence-corrected chi connectivity index (χ1v) is 9.05. The van der Waals surface area contributed by atoms with E-state index >= 15 is 0 Å². The third-order valence-corrected chi connectivity index (χ3v) is 5.69. The Bertz CT molecular complexity index is 560. The molecule has 1 fully saturated rings. The summed E-state index contributed by atoms with van der Waals surface area (Å²) in [5.41, 5.74) is 1.27. The number of halogens is 1. The van der Waals surface area contributed by atoms with Crippen molar-refractivity contribution in [1.29, 1.82) is 0 Å². The first kappa shape index (κ1) is 15.1. The third-order valence-electron chi connectivity index (χ3n) is 4.50. The van der Waals surface area contributed by atoms with Gasteiger partial charge >= 0.3 is 0 Å². The van der Waals surface area contributed by atoms with Crippen molar-refractivity contribution in [1.82, 2.24) is 5.32 Å². The molecule has 0 radical (unpaired) electrons. The second-order valence-electron chi connectivity index (χ2n) is 5.98. The van der Waals surface area contributed by atoms with E-state index in [0.717, 1.165) is 10.9 Å². The summed E-state index contributed by atoms with van der Waals surface area (Å²) in [6.07, 6.45) is 5.44. The zero-order valence-electron chi connectivity index (χ0n) is 12.4. The smallest absolute Gasteiger partial charge is 0.0448 e. The minimum atomic E-state index is 0.316. The van der Waals surface area contributed by atoms with E-state index in [0.29, 0.717) is 12.1 Å². The highest BCUT2D eigenvalue weighted by Gasteiger charge is 2.28. The molecule has 1 nitrogen and oxygen atoms in total. The van der Waals surface area contributed by atoms with E-state index in [1.807, 2.05) is 23.5 Å². The van der Waals surface area contributed by atoms with Crippen LogP contribution >= 0.6 is 22.9 Å². The van der Waals surface area contributed by atoms with E-state index in [1.54, 1.807) is 0 Å². The molecule has 3 heteroatoms. The molecule has 0 amide bonds. The van der Waals surface area contributed by atoms with Gasteiger partial charge in [-0.15, -0.1) is 11.3 Å². The van der Waals surface area contributed by atoms with Gasteiger partial charge in [-0.3, -0.25) is 0 Å². The Morgan fingerprint density at radius 3 is 2.67 bits per heavy atom. The van der Waals surface area contributed by atoms with Crippen LogP contribution in [0.1, 0.15) is 55.1 Å². The molecular formula is C18H22ClNS. The van der Waals surface area contributed by atoms with Gasteiger partial charge in [0, 0.05) is 22.0 Å². The van der Waals surface area contributed by atoms with Crippen LogP contribution in [0.25, 0.3) is 0 Å². The molecule has 0 aliphatic heterocycles. The lowest BCUT2D eigenvalue weighted by Crippen LogP contribution is -2.29. The van der Waals surface area contributed by atoms with Gasteiger partial charge in [-0.1, -0.05) is 42.6 Å². The predicted molar refractivity (Wildman–Crippen MR) is 92.0 cm³/mol. The van der Waals surface area contributed by atoms with Gasteiger partial charge in [-0.25, -0.2) is 0 Å². The van der Waals surface area contributed by atoms with E-state index < -0.39 is 0 Å². The number of thiophene rings is 1. The standard InChI is InChI=1S/C18H22ClNS/c1-13(15-8-4-9-16(19)12-15)20-18(14-6-2-3-7-14)17-10-5-11-21-17/h4-5,8-14,18,20H,2-3,6-7H2,1H3/t13-,18?/m1/s1. The van der Waals surface area contributed by atoms with Crippen molar-refractivity contribution in [2.45, 2.75) is 44.7 Å². The third kappa shape index (κ3) is 3.68. The van der Waals surface area contributed by atoms with Gasteiger partial charge < -0.3 is 5.32 Å². The number of hydrogen-bond donors (Lipinski definition) is 1. The molecule has 1 aromatic heterocycles. The molecule has 0 bridgehead atoms. The fraction of sp³-hybridized carbons (Fsp3) is 0.444. The fourth-order valence-corrected chi connectivity index (χ4v) is 4.43. The average Bonchev–Trinajstić information content (AvgIpc) is 3.18. The zero-order valence-corrected chi connectivity index (χ0v) is 14.0. The van der Waals surface area contributed by atoms with Crippen LogP contribution in [0.15, 0.2) is 41.8 Å². The maximum absolute atomic E-state index is 6.13. The molecule has 1 aromatic carbocycles. The molecule has 0 spiro atoms. The minimum Gasteiger partial charge on any atom is -0.302 e. The van der Waals surface area contributed by atoms with E-state index in [2.05, 4.69) is 41.9 Å². The molecule has 1 saturated carbocycles. The van der Waals surface area contributed by atoms with Gasteiger partial charge in [0.05, 0.1) is 0 Å². The molecular weight excluding hydrogens is 298 g/mol. The Balaban J connectivity index is 1.77. The maximum atomic E-state index is 6.13. The topological polar surface area (TPSA) is 12.0 Å².